The van der Waals surface area contributed by atoms with Gasteiger partial charge in [-0.3, -0.25) is 25.0 Å². The average Bonchev–Trinajstić information content (AvgIpc) is 2.82. The number of H-pyrrole nitrogens is 1. The molecule has 8 heteroatoms. The second kappa shape index (κ2) is 7.01. The zero-order valence-electron chi connectivity index (χ0n) is 13.2. The molecule has 0 saturated carbocycles. The average molecular weight is 318 g/mol. The van der Waals surface area contributed by atoms with Crippen LogP contribution >= 0.6 is 0 Å². The number of hydrogen-bond donors (Lipinski definition) is 1. The number of aryl methyl sites for hydroxylation is 1. The topological polar surface area (TPSA) is 103 Å². The lowest BCUT2D eigenvalue weighted by Crippen LogP contribution is -2.20. The largest absolute Gasteiger partial charge is 0.383 e. The number of ether oxygens (including phenoxy) is 1. The minimum atomic E-state index is -0.482. The molecule has 0 bridgehead atoms. The minimum Gasteiger partial charge on any atom is -0.383 e. The Hall–Kier alpha value is -2.74. The van der Waals surface area contributed by atoms with Crippen LogP contribution in [0.4, 0.5) is 5.69 Å². The van der Waals surface area contributed by atoms with Gasteiger partial charge >= 0.3 is 0 Å². The predicted octanol–water partition coefficient (Wildman–Crippen LogP) is 1.84. The van der Waals surface area contributed by atoms with Crippen molar-refractivity contribution >= 4 is 11.4 Å². The first-order valence-corrected chi connectivity index (χ1v) is 7.02. The fourth-order valence-electron chi connectivity index (χ4n) is 2.26. The number of nitro groups is 1. The lowest BCUT2D eigenvalue weighted by Gasteiger charge is -2.00. The molecule has 0 atom stereocenters. The number of non-ortho nitro benzene ring substituents is 1. The Labute approximate surface area is 132 Å². The molecule has 0 aliphatic carbocycles. The van der Waals surface area contributed by atoms with Crippen molar-refractivity contribution in [1.82, 2.24) is 9.78 Å². The summed E-state index contributed by atoms with van der Waals surface area (Å²) in [6, 6.07) is 5.77. The molecule has 8 nitrogen and oxygen atoms in total. The molecular formula is C15H18N4O4. The fourth-order valence-corrected chi connectivity index (χ4v) is 2.26. The van der Waals surface area contributed by atoms with E-state index in [2.05, 4.69) is 10.1 Å². The van der Waals surface area contributed by atoms with Crippen molar-refractivity contribution in [1.29, 1.82) is 0 Å². The van der Waals surface area contributed by atoms with Crippen LogP contribution in [0.3, 0.4) is 0 Å². The summed E-state index contributed by atoms with van der Waals surface area (Å²) in [5, 5.41) is 13.7. The molecule has 1 N–H and O–H groups in total. The Morgan fingerprint density at radius 3 is 2.61 bits per heavy atom. The second-order valence-corrected chi connectivity index (χ2v) is 4.99. The highest BCUT2D eigenvalue weighted by Crippen LogP contribution is 2.14. The zero-order valence-corrected chi connectivity index (χ0v) is 13.2. The summed E-state index contributed by atoms with van der Waals surface area (Å²) in [5.74, 6) is 0. The number of methoxy groups -OCH3 is 1. The summed E-state index contributed by atoms with van der Waals surface area (Å²) in [7, 11) is 1.59. The van der Waals surface area contributed by atoms with Gasteiger partial charge in [0.15, 0.2) is 0 Å². The van der Waals surface area contributed by atoms with E-state index in [4.69, 9.17) is 4.74 Å². The van der Waals surface area contributed by atoms with Crippen molar-refractivity contribution in [3.63, 3.8) is 0 Å². The van der Waals surface area contributed by atoms with Gasteiger partial charge in [-0.15, -0.1) is 0 Å². The molecule has 0 spiro atoms. The van der Waals surface area contributed by atoms with Gasteiger partial charge in [0.05, 0.1) is 29.3 Å². The molecule has 1 aromatic heterocycles. The van der Waals surface area contributed by atoms with E-state index >= 15 is 0 Å². The molecule has 1 heterocycles. The maximum Gasteiger partial charge on any atom is 0.280 e. The molecule has 0 aliphatic rings. The molecule has 0 radical (unpaired) electrons. The number of nitro benzene ring substituents is 1. The number of nitrogens with zero attached hydrogens (tertiary/aromatic N) is 3. The summed E-state index contributed by atoms with van der Waals surface area (Å²) in [6.07, 6.45) is 0. The van der Waals surface area contributed by atoms with Crippen LogP contribution in [-0.2, 0) is 4.74 Å². The van der Waals surface area contributed by atoms with E-state index in [-0.39, 0.29) is 11.2 Å². The highest BCUT2D eigenvalue weighted by molar-refractivity contribution is 5.99. The van der Waals surface area contributed by atoms with Crippen LogP contribution in [0.5, 0.6) is 0 Å². The van der Waals surface area contributed by atoms with E-state index < -0.39 is 4.92 Å². The van der Waals surface area contributed by atoms with E-state index in [1.165, 1.54) is 28.9 Å². The monoisotopic (exact) mass is 318 g/mol. The van der Waals surface area contributed by atoms with Gasteiger partial charge < -0.3 is 4.74 Å². The van der Waals surface area contributed by atoms with E-state index in [1.54, 1.807) is 21.0 Å². The van der Waals surface area contributed by atoms with Gasteiger partial charge in [0.25, 0.3) is 11.2 Å². The fraction of sp³-hybridized carbons (Fsp3) is 0.333. The number of aromatic nitrogens is 2. The highest BCUT2D eigenvalue weighted by atomic mass is 16.6. The normalized spacial score (nSPS) is 11.7. The molecule has 122 valence electrons. The van der Waals surface area contributed by atoms with E-state index in [9.17, 15) is 14.9 Å². The van der Waals surface area contributed by atoms with Crippen molar-refractivity contribution in [3.8, 4) is 5.69 Å². The Bertz CT molecular complexity index is 787. The van der Waals surface area contributed by atoms with Crippen molar-refractivity contribution in [2.24, 2.45) is 4.99 Å². The number of aliphatic imine (C=N–C) groups is 1. The van der Waals surface area contributed by atoms with E-state index in [0.717, 1.165) is 0 Å². The van der Waals surface area contributed by atoms with Gasteiger partial charge in [-0.25, -0.2) is 4.68 Å². The summed E-state index contributed by atoms with van der Waals surface area (Å²) in [6.45, 7) is 4.52. The molecular weight excluding hydrogens is 300 g/mol. The predicted molar refractivity (Wildman–Crippen MR) is 86.7 cm³/mol. The summed E-state index contributed by atoms with van der Waals surface area (Å²) in [5.41, 5.74) is 2.07. The first kappa shape index (κ1) is 16.6. The molecule has 0 aliphatic heterocycles. The van der Waals surface area contributed by atoms with Crippen molar-refractivity contribution in [3.05, 3.63) is 56.0 Å². The number of hydrogen-bond acceptors (Lipinski definition) is 5. The number of nitrogens with one attached hydrogen (secondary N) is 1. The number of benzene rings is 1. The standard InChI is InChI=1S/C15H18N4O4/c1-10(16-8-9-23-3)14-11(2)17-18(15(14)20)12-4-6-13(7-5-12)19(21)22/h4-7,17H,8-9H2,1-3H3. The Morgan fingerprint density at radius 1 is 1.39 bits per heavy atom. The van der Waals surface area contributed by atoms with Crippen molar-refractivity contribution in [2.45, 2.75) is 13.8 Å². The quantitative estimate of drug-likeness (QED) is 0.380. The molecule has 1 aromatic carbocycles. The van der Waals surface area contributed by atoms with Crippen molar-refractivity contribution in [2.75, 3.05) is 20.3 Å². The third-order valence-electron chi connectivity index (χ3n) is 3.40. The van der Waals surface area contributed by atoms with Gasteiger partial charge in [0.2, 0.25) is 0 Å². The van der Waals surface area contributed by atoms with Gasteiger partial charge in [0, 0.05) is 30.6 Å². The number of aromatic amines is 1. The maximum atomic E-state index is 12.6. The van der Waals surface area contributed by atoms with Crippen LogP contribution in [0.2, 0.25) is 0 Å². The zero-order chi connectivity index (χ0) is 17.0. The molecule has 2 rings (SSSR count). The van der Waals surface area contributed by atoms with Gasteiger partial charge in [0.1, 0.15) is 0 Å². The Morgan fingerprint density at radius 2 is 2.04 bits per heavy atom. The third kappa shape index (κ3) is 3.54. The van der Waals surface area contributed by atoms with Crippen LogP contribution < -0.4 is 5.56 Å². The molecule has 2 aromatic rings. The van der Waals surface area contributed by atoms with Crippen LogP contribution in [0.1, 0.15) is 18.2 Å². The Balaban J connectivity index is 2.39. The summed E-state index contributed by atoms with van der Waals surface area (Å²) < 4.78 is 6.29. The first-order valence-electron chi connectivity index (χ1n) is 7.02. The summed E-state index contributed by atoms with van der Waals surface area (Å²) in [4.78, 5) is 27.1. The molecule has 23 heavy (non-hydrogen) atoms. The highest BCUT2D eigenvalue weighted by Gasteiger charge is 2.15. The SMILES string of the molecule is COCCN=C(C)c1c(C)[nH]n(-c2ccc([N+](=O)[O-])cc2)c1=O. The van der Waals surface area contributed by atoms with Gasteiger partial charge in [-0.1, -0.05) is 0 Å². The van der Waals surface area contributed by atoms with Crippen LogP contribution in [0.15, 0.2) is 34.1 Å². The maximum absolute atomic E-state index is 12.6. The first-order chi connectivity index (χ1) is 11.0. The number of rotatable bonds is 6. The van der Waals surface area contributed by atoms with Crippen LogP contribution in [0.25, 0.3) is 5.69 Å². The van der Waals surface area contributed by atoms with E-state index in [0.29, 0.717) is 35.8 Å². The molecule has 0 saturated heterocycles. The lowest BCUT2D eigenvalue weighted by atomic mass is 10.2. The Kier molecular flexibility index (Phi) is 5.07. The lowest BCUT2D eigenvalue weighted by molar-refractivity contribution is -0.384. The van der Waals surface area contributed by atoms with Gasteiger partial charge in [-0.05, 0) is 26.0 Å². The van der Waals surface area contributed by atoms with Crippen LogP contribution in [-0.4, -0.2) is 40.7 Å². The van der Waals surface area contributed by atoms with Crippen LogP contribution in [0, 0.1) is 17.0 Å². The molecule has 0 amide bonds. The third-order valence-corrected chi connectivity index (χ3v) is 3.40. The molecule has 0 fully saturated rings. The van der Waals surface area contributed by atoms with E-state index in [1.807, 2.05) is 0 Å². The summed E-state index contributed by atoms with van der Waals surface area (Å²) >= 11 is 0. The van der Waals surface area contributed by atoms with Crippen molar-refractivity contribution < 1.29 is 9.66 Å². The smallest absolute Gasteiger partial charge is 0.280 e. The van der Waals surface area contributed by atoms with Gasteiger partial charge in [-0.2, -0.15) is 0 Å². The second-order valence-electron chi connectivity index (χ2n) is 4.99. The minimum absolute atomic E-state index is 0.0254. The molecule has 0 unspecified atom stereocenters.